The van der Waals surface area contributed by atoms with Crippen molar-refractivity contribution in [2.75, 3.05) is 0 Å². The second kappa shape index (κ2) is 9.36. The van der Waals surface area contributed by atoms with Crippen molar-refractivity contribution in [3.05, 3.63) is 146 Å². The normalized spacial score (nSPS) is 12.0. The van der Waals surface area contributed by atoms with Crippen molar-refractivity contribution < 1.29 is 0 Å². The van der Waals surface area contributed by atoms with Gasteiger partial charge < -0.3 is 4.57 Å². The Morgan fingerprint density at radius 2 is 1.00 bits per heavy atom. The summed E-state index contributed by atoms with van der Waals surface area (Å²) in [4.78, 5) is 9.61. The minimum absolute atomic E-state index is 0.922. The van der Waals surface area contributed by atoms with E-state index in [1.54, 1.807) is 17.7 Å². The van der Waals surface area contributed by atoms with Gasteiger partial charge in [0.1, 0.15) is 6.33 Å². The second-order valence-corrected chi connectivity index (χ2v) is 12.5. The fourth-order valence-electron chi connectivity index (χ4n) is 7.05. The predicted molar refractivity (Wildman–Crippen MR) is 189 cm³/mol. The Hall–Kier alpha value is -5.78. The highest BCUT2D eigenvalue weighted by molar-refractivity contribution is 7.26. The molecule has 6 aromatic carbocycles. The van der Waals surface area contributed by atoms with Crippen molar-refractivity contribution in [3.8, 4) is 22.6 Å². The molecule has 0 radical (unpaired) electrons. The number of benzene rings is 6. The lowest BCUT2D eigenvalue weighted by Crippen LogP contribution is -1.98. The average molecular weight is 593 g/mol. The second-order valence-electron chi connectivity index (χ2n) is 11.5. The standard InChI is InChI=1S/C40H24N4S/c1-5-13-33-28(9-1)29-10-2-6-14-34(29)43(33)27-20-17-25(18-21-27)26-19-22-31-30-11-3-7-15-35(30)44(36(31)23-26)40-39-38(41-24-42-40)32-12-4-8-16-37(32)45-39/h1-24H. The molecule has 0 saturated heterocycles. The Morgan fingerprint density at radius 3 is 1.69 bits per heavy atom. The van der Waals surface area contributed by atoms with Crippen molar-refractivity contribution in [3.63, 3.8) is 0 Å². The first-order valence-electron chi connectivity index (χ1n) is 15.1. The highest BCUT2D eigenvalue weighted by Crippen LogP contribution is 2.40. The Labute approximate surface area is 262 Å². The van der Waals surface area contributed by atoms with Gasteiger partial charge in [0, 0.05) is 37.3 Å². The molecule has 0 aliphatic heterocycles. The van der Waals surface area contributed by atoms with Gasteiger partial charge in [0.25, 0.3) is 0 Å². The molecule has 4 nitrogen and oxygen atoms in total. The molecule has 0 spiro atoms. The Kier molecular flexibility index (Phi) is 5.12. The van der Waals surface area contributed by atoms with Crippen LogP contribution in [0.4, 0.5) is 0 Å². The maximum absolute atomic E-state index is 4.90. The summed E-state index contributed by atoms with van der Waals surface area (Å²) in [5.41, 5.74) is 9.21. The molecule has 10 aromatic rings. The fraction of sp³-hybridized carbons (Fsp3) is 0. The first-order chi connectivity index (χ1) is 22.3. The molecule has 0 saturated carbocycles. The number of rotatable bonds is 3. The van der Waals surface area contributed by atoms with Crippen LogP contribution in [0, 0.1) is 0 Å². The van der Waals surface area contributed by atoms with Crippen molar-refractivity contribution in [2.24, 2.45) is 0 Å². The number of aromatic nitrogens is 4. The number of hydrogen-bond donors (Lipinski definition) is 0. The summed E-state index contributed by atoms with van der Waals surface area (Å²) in [5.74, 6) is 0.922. The quantitative estimate of drug-likeness (QED) is 0.205. The van der Waals surface area contributed by atoms with Crippen LogP contribution in [0.5, 0.6) is 0 Å². The van der Waals surface area contributed by atoms with E-state index in [4.69, 9.17) is 9.97 Å². The van der Waals surface area contributed by atoms with E-state index in [0.29, 0.717) is 0 Å². The van der Waals surface area contributed by atoms with E-state index in [2.05, 4.69) is 149 Å². The predicted octanol–water partition coefficient (Wildman–Crippen LogP) is 10.7. The number of nitrogens with zero attached hydrogens (tertiary/aromatic N) is 4. The largest absolute Gasteiger partial charge is 0.309 e. The molecule has 0 aliphatic rings. The van der Waals surface area contributed by atoms with E-state index in [0.717, 1.165) is 32.8 Å². The van der Waals surface area contributed by atoms with Crippen molar-refractivity contribution in [1.29, 1.82) is 0 Å². The SMILES string of the molecule is c1ccc2c(c1)sc1c(-n3c4ccccc4c4ccc(-c5ccc(-n6c7ccccc7c7ccccc76)cc5)cc43)ncnc12. The molecule has 0 fully saturated rings. The molecule has 210 valence electrons. The molecule has 4 heterocycles. The van der Waals surface area contributed by atoms with Crippen LogP contribution >= 0.6 is 11.3 Å². The summed E-state index contributed by atoms with van der Waals surface area (Å²) < 4.78 is 7.00. The molecule has 0 aliphatic carbocycles. The topological polar surface area (TPSA) is 35.6 Å². The van der Waals surface area contributed by atoms with Gasteiger partial charge in [0.15, 0.2) is 5.82 Å². The number of thiophene rings is 1. The molecule has 0 unspecified atom stereocenters. The van der Waals surface area contributed by atoms with Crippen LogP contribution in [0.15, 0.2) is 146 Å². The van der Waals surface area contributed by atoms with Crippen LogP contribution < -0.4 is 0 Å². The average Bonchev–Trinajstić information content (AvgIpc) is 3.76. The minimum Gasteiger partial charge on any atom is -0.309 e. The summed E-state index contributed by atoms with van der Waals surface area (Å²) in [5, 5.41) is 6.14. The lowest BCUT2D eigenvalue weighted by atomic mass is 10.0. The first kappa shape index (κ1) is 24.6. The third-order valence-electron chi connectivity index (χ3n) is 9.06. The van der Waals surface area contributed by atoms with Gasteiger partial charge in [-0.05, 0) is 53.6 Å². The fourth-order valence-corrected chi connectivity index (χ4v) is 8.19. The van der Waals surface area contributed by atoms with Crippen LogP contribution in [0.1, 0.15) is 0 Å². The number of para-hydroxylation sites is 3. The third kappa shape index (κ3) is 3.53. The molecule has 0 N–H and O–H groups in total. The highest BCUT2D eigenvalue weighted by Gasteiger charge is 2.19. The zero-order valence-corrected chi connectivity index (χ0v) is 24.9. The van der Waals surface area contributed by atoms with E-state index < -0.39 is 0 Å². The molecule has 0 atom stereocenters. The Morgan fingerprint density at radius 1 is 0.444 bits per heavy atom. The zero-order chi connectivity index (χ0) is 29.5. The van der Waals surface area contributed by atoms with Crippen LogP contribution in [-0.4, -0.2) is 19.1 Å². The van der Waals surface area contributed by atoms with Gasteiger partial charge in [0.05, 0.1) is 32.3 Å². The number of fused-ring (bicyclic) bond motifs is 9. The first-order valence-corrected chi connectivity index (χ1v) is 15.9. The van der Waals surface area contributed by atoms with Crippen LogP contribution in [0.25, 0.3) is 86.5 Å². The molecule has 45 heavy (non-hydrogen) atoms. The van der Waals surface area contributed by atoms with Crippen LogP contribution in [0.2, 0.25) is 0 Å². The van der Waals surface area contributed by atoms with Gasteiger partial charge in [-0.15, -0.1) is 11.3 Å². The van der Waals surface area contributed by atoms with E-state index >= 15 is 0 Å². The molecule has 0 bridgehead atoms. The molecule has 0 amide bonds. The maximum atomic E-state index is 4.90. The highest BCUT2D eigenvalue weighted by atomic mass is 32.1. The summed E-state index contributed by atoms with van der Waals surface area (Å²) in [6.07, 6.45) is 1.70. The van der Waals surface area contributed by atoms with Crippen molar-refractivity contribution >= 4 is 75.3 Å². The van der Waals surface area contributed by atoms with Gasteiger partial charge in [-0.3, -0.25) is 4.57 Å². The third-order valence-corrected chi connectivity index (χ3v) is 10.2. The summed E-state index contributed by atoms with van der Waals surface area (Å²) in [6.45, 7) is 0. The van der Waals surface area contributed by atoms with Gasteiger partial charge in [-0.25, -0.2) is 9.97 Å². The van der Waals surface area contributed by atoms with Gasteiger partial charge in [-0.2, -0.15) is 0 Å². The molecular weight excluding hydrogens is 569 g/mol. The van der Waals surface area contributed by atoms with E-state index in [1.165, 1.54) is 53.8 Å². The lowest BCUT2D eigenvalue weighted by molar-refractivity contribution is 1.08. The zero-order valence-electron chi connectivity index (χ0n) is 24.1. The Balaban J connectivity index is 1.16. The molecular formula is C40H24N4S. The summed E-state index contributed by atoms with van der Waals surface area (Å²) in [7, 11) is 0. The van der Waals surface area contributed by atoms with Gasteiger partial charge in [0.2, 0.25) is 0 Å². The summed E-state index contributed by atoms with van der Waals surface area (Å²) in [6, 6.07) is 50.1. The number of hydrogen-bond acceptors (Lipinski definition) is 3. The van der Waals surface area contributed by atoms with Gasteiger partial charge in [-0.1, -0.05) is 97.1 Å². The van der Waals surface area contributed by atoms with E-state index in [-0.39, 0.29) is 0 Å². The van der Waals surface area contributed by atoms with Crippen molar-refractivity contribution in [1.82, 2.24) is 19.1 Å². The summed E-state index contributed by atoms with van der Waals surface area (Å²) >= 11 is 1.76. The minimum atomic E-state index is 0.922. The van der Waals surface area contributed by atoms with Crippen LogP contribution in [0.3, 0.4) is 0 Å². The maximum Gasteiger partial charge on any atom is 0.159 e. The van der Waals surface area contributed by atoms with Crippen LogP contribution in [-0.2, 0) is 0 Å². The van der Waals surface area contributed by atoms with E-state index in [1.807, 2.05) is 0 Å². The molecule has 5 heteroatoms. The monoisotopic (exact) mass is 592 g/mol. The van der Waals surface area contributed by atoms with Gasteiger partial charge >= 0.3 is 0 Å². The van der Waals surface area contributed by atoms with Crippen molar-refractivity contribution in [2.45, 2.75) is 0 Å². The molecule has 4 aromatic heterocycles. The molecule has 10 rings (SSSR count). The smallest absolute Gasteiger partial charge is 0.159 e. The Bertz CT molecular complexity index is 2710. The lowest BCUT2D eigenvalue weighted by Gasteiger charge is -2.11. The van der Waals surface area contributed by atoms with E-state index in [9.17, 15) is 0 Å².